The van der Waals surface area contributed by atoms with Crippen molar-refractivity contribution in [3.8, 4) is 0 Å². The van der Waals surface area contributed by atoms with Crippen molar-refractivity contribution in [3.05, 3.63) is 0 Å². The molecule has 0 aromatic heterocycles. The van der Waals surface area contributed by atoms with E-state index in [2.05, 4.69) is 0 Å². The van der Waals surface area contributed by atoms with E-state index in [9.17, 15) is 18.0 Å². The second kappa shape index (κ2) is 30.5. The van der Waals surface area contributed by atoms with Crippen LogP contribution in [0.2, 0.25) is 0 Å². The van der Waals surface area contributed by atoms with Crippen LogP contribution in [-0.4, -0.2) is 110 Å². The van der Waals surface area contributed by atoms with Gasteiger partial charge in [0.1, 0.15) is 0 Å². The van der Waals surface area contributed by atoms with Crippen molar-refractivity contribution < 1.29 is 51.1 Å². The van der Waals surface area contributed by atoms with Gasteiger partial charge in [0, 0.05) is 19.3 Å². The molecule has 0 heterocycles. The Labute approximate surface area is 237 Å². The lowest BCUT2D eigenvalue weighted by Crippen LogP contribution is -2.15. The molecule has 0 aromatic carbocycles. The number of thioether (sulfide) groups is 1. The first-order chi connectivity index (χ1) is 18.9. The molecule has 0 N–H and O–H groups in total. The van der Waals surface area contributed by atoms with E-state index in [0.717, 1.165) is 25.2 Å². The van der Waals surface area contributed by atoms with Gasteiger partial charge in [0.15, 0.2) is 5.12 Å². The summed E-state index contributed by atoms with van der Waals surface area (Å²) in [5.41, 5.74) is 0. The van der Waals surface area contributed by atoms with E-state index in [4.69, 9.17) is 33.2 Å². The van der Waals surface area contributed by atoms with E-state index in [-0.39, 0.29) is 24.9 Å². The third-order valence-corrected chi connectivity index (χ3v) is 6.15. The molecule has 0 radical (unpaired) electrons. The van der Waals surface area contributed by atoms with Gasteiger partial charge in [0.25, 0.3) is 0 Å². The minimum absolute atomic E-state index is 0.130. The molecule has 0 bridgehead atoms. The molecule has 12 heteroatoms. The number of carbonyl (C=O) groups is 1. The molecule has 8 nitrogen and oxygen atoms in total. The van der Waals surface area contributed by atoms with Crippen molar-refractivity contribution in [2.75, 3.05) is 98.2 Å². The number of alkyl halides is 3. The van der Waals surface area contributed by atoms with Crippen molar-refractivity contribution in [3.63, 3.8) is 0 Å². The first-order valence-electron chi connectivity index (χ1n) is 14.2. The first kappa shape index (κ1) is 38.5. The molecule has 0 amide bonds. The van der Waals surface area contributed by atoms with Crippen LogP contribution in [0.4, 0.5) is 13.2 Å². The van der Waals surface area contributed by atoms with Crippen LogP contribution in [0.1, 0.15) is 64.7 Å². The van der Waals surface area contributed by atoms with Gasteiger partial charge < -0.3 is 33.2 Å². The van der Waals surface area contributed by atoms with Crippen molar-refractivity contribution in [2.45, 2.75) is 70.9 Å². The number of halogens is 3. The van der Waals surface area contributed by atoms with Crippen molar-refractivity contribution >= 4 is 16.9 Å². The maximum Gasteiger partial charge on any atom is 0.391 e. The molecule has 234 valence electrons. The Balaban J connectivity index is 3.05. The molecule has 0 spiro atoms. The number of hydrogen-bond acceptors (Lipinski definition) is 9. The van der Waals surface area contributed by atoms with Gasteiger partial charge in [-0.25, -0.2) is 0 Å². The van der Waals surface area contributed by atoms with Gasteiger partial charge in [0.2, 0.25) is 0 Å². The van der Waals surface area contributed by atoms with Crippen LogP contribution in [0.3, 0.4) is 0 Å². The maximum atomic E-state index is 11.9. The largest absolute Gasteiger partial charge is 0.391 e. The molecule has 39 heavy (non-hydrogen) atoms. The fourth-order valence-corrected chi connectivity index (χ4v) is 3.83. The Morgan fingerprint density at radius 1 is 0.487 bits per heavy atom. The Morgan fingerprint density at radius 3 is 1.15 bits per heavy atom. The lowest BCUT2D eigenvalue weighted by Gasteiger charge is -2.09. The standard InChI is InChI=1S/C27H51F3O8S/c1-26(31)39-25-9-7-5-3-2-4-6-8-11-32-13-15-34-17-19-36-21-23-38-24-22-37-20-18-35-16-14-33-12-10-27(28,29)30/h2-25H2,1H3. The lowest BCUT2D eigenvalue weighted by atomic mass is 10.1. The summed E-state index contributed by atoms with van der Waals surface area (Å²) < 4.78 is 73.1. The number of rotatable bonds is 31. The maximum absolute atomic E-state index is 11.9. The van der Waals surface area contributed by atoms with Crippen LogP contribution in [0.25, 0.3) is 0 Å². The molecule has 0 aliphatic heterocycles. The molecule has 0 unspecified atom stereocenters. The van der Waals surface area contributed by atoms with Crippen LogP contribution >= 0.6 is 11.8 Å². The summed E-state index contributed by atoms with van der Waals surface area (Å²) >= 11 is 1.43. The van der Waals surface area contributed by atoms with Crippen LogP contribution in [0.15, 0.2) is 0 Å². The van der Waals surface area contributed by atoms with E-state index >= 15 is 0 Å². The zero-order valence-electron chi connectivity index (χ0n) is 23.8. The molecule has 0 fully saturated rings. The molecule has 0 aromatic rings. The molecule has 0 saturated heterocycles. The highest BCUT2D eigenvalue weighted by Crippen LogP contribution is 2.18. The SMILES string of the molecule is CC(=O)SCCCCCCCCCCOCCOCCOCCOCCOCCOCCOCCC(F)(F)F. The van der Waals surface area contributed by atoms with Gasteiger partial charge in [-0.1, -0.05) is 50.3 Å². The van der Waals surface area contributed by atoms with Crippen molar-refractivity contribution in [2.24, 2.45) is 0 Å². The summed E-state index contributed by atoms with van der Waals surface area (Å²) in [6.45, 7) is 7.17. The second-order valence-corrected chi connectivity index (χ2v) is 10.1. The highest BCUT2D eigenvalue weighted by atomic mass is 32.2. The molecular weight excluding hydrogens is 541 g/mol. The summed E-state index contributed by atoms with van der Waals surface area (Å²) in [5.74, 6) is 0.958. The molecule has 0 rings (SSSR count). The third-order valence-electron chi connectivity index (χ3n) is 5.25. The van der Waals surface area contributed by atoms with Gasteiger partial charge in [-0.3, -0.25) is 4.79 Å². The van der Waals surface area contributed by atoms with Crippen LogP contribution in [0.5, 0.6) is 0 Å². The van der Waals surface area contributed by atoms with Crippen molar-refractivity contribution in [1.82, 2.24) is 0 Å². The van der Waals surface area contributed by atoms with Gasteiger partial charge >= 0.3 is 6.18 Å². The fraction of sp³-hybridized carbons (Fsp3) is 0.963. The summed E-state index contributed by atoms with van der Waals surface area (Å²) in [5, 5.41) is 0.217. The molecule has 0 aliphatic carbocycles. The minimum atomic E-state index is -4.19. The van der Waals surface area contributed by atoms with E-state index in [1.54, 1.807) is 6.92 Å². The van der Waals surface area contributed by atoms with Gasteiger partial charge in [-0.05, 0) is 12.8 Å². The van der Waals surface area contributed by atoms with Gasteiger partial charge in [-0.2, -0.15) is 13.2 Å². The van der Waals surface area contributed by atoms with E-state index in [0.29, 0.717) is 66.1 Å². The predicted octanol–water partition coefficient (Wildman–Crippen LogP) is 5.46. The van der Waals surface area contributed by atoms with E-state index in [1.807, 2.05) is 0 Å². The first-order valence-corrected chi connectivity index (χ1v) is 15.1. The number of hydrogen-bond donors (Lipinski definition) is 0. The summed E-state index contributed by atoms with van der Waals surface area (Å²) in [6, 6.07) is 0. The highest BCUT2D eigenvalue weighted by Gasteiger charge is 2.26. The number of ether oxygens (including phenoxy) is 7. The summed E-state index contributed by atoms with van der Waals surface area (Å²) in [7, 11) is 0. The van der Waals surface area contributed by atoms with Crippen molar-refractivity contribution in [1.29, 1.82) is 0 Å². The third kappa shape index (κ3) is 37.5. The van der Waals surface area contributed by atoms with Gasteiger partial charge in [-0.15, -0.1) is 0 Å². The molecule has 0 saturated carbocycles. The Kier molecular flexibility index (Phi) is 30.1. The molecule has 0 atom stereocenters. The zero-order chi connectivity index (χ0) is 28.7. The number of unbranched alkanes of at least 4 members (excludes halogenated alkanes) is 7. The van der Waals surface area contributed by atoms with Crippen LogP contribution in [0, 0.1) is 0 Å². The monoisotopic (exact) mass is 592 g/mol. The minimum Gasteiger partial charge on any atom is -0.379 e. The molecule has 0 aliphatic rings. The Hall–Kier alpha value is -0.470. The van der Waals surface area contributed by atoms with E-state index < -0.39 is 12.6 Å². The zero-order valence-corrected chi connectivity index (χ0v) is 24.6. The summed E-state index contributed by atoms with van der Waals surface area (Å²) in [6.07, 6.45) is 4.58. The summed E-state index contributed by atoms with van der Waals surface area (Å²) in [4.78, 5) is 10.8. The lowest BCUT2D eigenvalue weighted by molar-refractivity contribution is -0.146. The normalized spacial score (nSPS) is 11.9. The molecular formula is C27H51F3O8S. The highest BCUT2D eigenvalue weighted by molar-refractivity contribution is 8.13. The fourth-order valence-electron chi connectivity index (χ4n) is 3.19. The smallest absolute Gasteiger partial charge is 0.379 e. The van der Waals surface area contributed by atoms with Crippen LogP contribution in [-0.2, 0) is 38.0 Å². The average molecular weight is 593 g/mol. The Bertz CT molecular complexity index is 516. The Morgan fingerprint density at radius 2 is 0.795 bits per heavy atom. The average Bonchev–Trinajstić information content (AvgIpc) is 2.88. The number of carbonyl (C=O) groups excluding carboxylic acids is 1. The topological polar surface area (TPSA) is 81.7 Å². The second-order valence-electron chi connectivity index (χ2n) is 8.82. The van der Waals surface area contributed by atoms with E-state index in [1.165, 1.54) is 50.3 Å². The van der Waals surface area contributed by atoms with Crippen LogP contribution < -0.4 is 0 Å². The quantitative estimate of drug-likeness (QED) is 0.0976. The van der Waals surface area contributed by atoms with Gasteiger partial charge in [0.05, 0.1) is 92.3 Å². The predicted molar refractivity (Wildman–Crippen MR) is 146 cm³/mol.